The highest BCUT2D eigenvalue weighted by Gasteiger charge is 2.06. The third-order valence-electron chi connectivity index (χ3n) is 1.98. The molecule has 2 rings (SSSR count). The Kier molecular flexibility index (Phi) is 3.53. The molecule has 4 nitrogen and oxygen atoms in total. The second-order valence-electron chi connectivity index (χ2n) is 3.17. The molecule has 0 aliphatic heterocycles. The molecular weight excluding hydrogens is 289 g/mol. The summed E-state index contributed by atoms with van der Waals surface area (Å²) in [5, 5.41) is 2.82. The van der Waals surface area contributed by atoms with Crippen molar-refractivity contribution < 1.29 is 9.13 Å². The van der Waals surface area contributed by atoms with E-state index in [1.54, 1.807) is 19.3 Å². The summed E-state index contributed by atoms with van der Waals surface area (Å²) >= 11 is 3.17. The first kappa shape index (κ1) is 11.8. The lowest BCUT2D eigenvalue weighted by Crippen LogP contribution is -1.96. The van der Waals surface area contributed by atoms with Gasteiger partial charge < -0.3 is 10.1 Å². The minimum atomic E-state index is -0.462. The van der Waals surface area contributed by atoms with Crippen LogP contribution in [0, 0.1) is 5.82 Å². The van der Waals surface area contributed by atoms with Gasteiger partial charge in [-0.15, -0.1) is 0 Å². The fourth-order valence-corrected chi connectivity index (χ4v) is 1.52. The Morgan fingerprint density at radius 1 is 1.35 bits per heavy atom. The first-order valence-corrected chi connectivity index (χ1v) is 5.61. The van der Waals surface area contributed by atoms with Gasteiger partial charge in [0.1, 0.15) is 5.82 Å². The Hall–Kier alpha value is -1.69. The number of rotatable bonds is 3. The highest BCUT2D eigenvalue weighted by Crippen LogP contribution is 2.25. The summed E-state index contributed by atoms with van der Waals surface area (Å²) in [4.78, 5) is 7.99. The minimum Gasteiger partial charge on any atom is -0.434 e. The van der Waals surface area contributed by atoms with Crippen LogP contribution in [-0.2, 0) is 0 Å². The molecular formula is C11H9BrFN3O. The minimum absolute atomic E-state index is 0.107. The van der Waals surface area contributed by atoms with Gasteiger partial charge in [-0.2, -0.15) is 4.98 Å². The molecule has 0 bridgehead atoms. The molecule has 0 spiro atoms. The lowest BCUT2D eigenvalue weighted by atomic mass is 10.3. The smallest absolute Gasteiger partial charge is 0.239 e. The fraction of sp³-hybridized carbons (Fsp3) is 0.0909. The van der Waals surface area contributed by atoms with E-state index in [2.05, 4.69) is 31.2 Å². The molecule has 0 amide bonds. The molecule has 17 heavy (non-hydrogen) atoms. The van der Waals surface area contributed by atoms with E-state index >= 15 is 0 Å². The Morgan fingerprint density at radius 3 is 2.88 bits per heavy atom. The Morgan fingerprint density at radius 2 is 2.18 bits per heavy atom. The molecule has 0 fully saturated rings. The van der Waals surface area contributed by atoms with E-state index in [4.69, 9.17) is 4.74 Å². The zero-order valence-electron chi connectivity index (χ0n) is 8.95. The van der Waals surface area contributed by atoms with Crippen LogP contribution >= 0.6 is 15.9 Å². The maximum Gasteiger partial charge on any atom is 0.239 e. The Balaban J connectivity index is 2.25. The predicted octanol–water partition coefficient (Wildman–Crippen LogP) is 3.21. The molecule has 0 saturated carbocycles. The molecule has 0 radical (unpaired) electrons. The molecule has 1 aromatic carbocycles. The van der Waals surface area contributed by atoms with Crippen molar-refractivity contribution in [2.24, 2.45) is 0 Å². The van der Waals surface area contributed by atoms with Crippen LogP contribution in [0.15, 0.2) is 35.1 Å². The molecule has 1 N–H and O–H groups in total. The van der Waals surface area contributed by atoms with Gasteiger partial charge in [0.2, 0.25) is 5.88 Å². The number of hydrogen-bond donors (Lipinski definition) is 1. The first-order valence-electron chi connectivity index (χ1n) is 4.82. The molecule has 0 aliphatic carbocycles. The molecule has 0 atom stereocenters. The van der Waals surface area contributed by atoms with Gasteiger partial charge >= 0.3 is 0 Å². The van der Waals surface area contributed by atoms with Crippen molar-refractivity contribution in [3.8, 4) is 11.6 Å². The van der Waals surface area contributed by atoms with Gasteiger partial charge in [0.15, 0.2) is 11.6 Å². The molecule has 1 heterocycles. The highest BCUT2D eigenvalue weighted by molar-refractivity contribution is 9.10. The van der Waals surface area contributed by atoms with Gasteiger partial charge in [0, 0.05) is 11.5 Å². The third-order valence-corrected chi connectivity index (χ3v) is 2.47. The zero-order chi connectivity index (χ0) is 12.3. The summed E-state index contributed by atoms with van der Waals surface area (Å²) < 4.78 is 19.4. The summed E-state index contributed by atoms with van der Waals surface area (Å²) in [6, 6.07) is 4.53. The van der Waals surface area contributed by atoms with E-state index in [-0.39, 0.29) is 11.6 Å². The van der Waals surface area contributed by atoms with Crippen LogP contribution in [0.2, 0.25) is 0 Å². The van der Waals surface area contributed by atoms with E-state index in [9.17, 15) is 4.39 Å². The van der Waals surface area contributed by atoms with Crippen molar-refractivity contribution >= 4 is 21.7 Å². The SMILES string of the molecule is CNc1cncc(Oc2ccc(Br)cc2F)n1. The molecule has 6 heteroatoms. The van der Waals surface area contributed by atoms with Crippen LogP contribution in [0.25, 0.3) is 0 Å². The van der Waals surface area contributed by atoms with Gasteiger partial charge in [0.05, 0.1) is 12.4 Å². The molecule has 2 aromatic rings. The topological polar surface area (TPSA) is 47.0 Å². The number of ether oxygens (including phenoxy) is 1. The molecule has 0 aliphatic rings. The molecule has 0 unspecified atom stereocenters. The lowest BCUT2D eigenvalue weighted by molar-refractivity contribution is 0.426. The number of hydrogen-bond acceptors (Lipinski definition) is 4. The van der Waals surface area contributed by atoms with Crippen LogP contribution in [0.4, 0.5) is 10.2 Å². The number of nitrogens with one attached hydrogen (secondary N) is 1. The molecule has 0 saturated heterocycles. The lowest BCUT2D eigenvalue weighted by Gasteiger charge is -2.06. The van der Waals surface area contributed by atoms with Crippen molar-refractivity contribution in [2.45, 2.75) is 0 Å². The quantitative estimate of drug-likeness (QED) is 0.945. The number of halogens is 2. The summed E-state index contributed by atoms with van der Waals surface area (Å²) in [6.45, 7) is 0. The Bertz CT molecular complexity index is 536. The van der Waals surface area contributed by atoms with E-state index < -0.39 is 5.82 Å². The molecule has 88 valence electrons. The number of benzene rings is 1. The molecule has 1 aromatic heterocycles. The van der Waals surface area contributed by atoms with Gasteiger partial charge in [0.25, 0.3) is 0 Å². The second-order valence-corrected chi connectivity index (χ2v) is 4.09. The zero-order valence-corrected chi connectivity index (χ0v) is 10.5. The van der Waals surface area contributed by atoms with Crippen molar-refractivity contribution in [2.75, 3.05) is 12.4 Å². The van der Waals surface area contributed by atoms with Crippen molar-refractivity contribution in [3.63, 3.8) is 0 Å². The van der Waals surface area contributed by atoms with Crippen LogP contribution < -0.4 is 10.1 Å². The largest absolute Gasteiger partial charge is 0.434 e. The van der Waals surface area contributed by atoms with Crippen molar-refractivity contribution in [3.05, 3.63) is 40.9 Å². The van der Waals surface area contributed by atoms with E-state index in [0.29, 0.717) is 10.3 Å². The standard InChI is InChI=1S/C11H9BrFN3O/c1-14-10-5-15-6-11(16-10)17-9-3-2-7(12)4-8(9)13/h2-6H,1H3,(H,14,16). The summed E-state index contributed by atoms with van der Waals surface area (Å²) in [7, 11) is 1.72. The van der Waals surface area contributed by atoms with Crippen LogP contribution in [-0.4, -0.2) is 17.0 Å². The van der Waals surface area contributed by atoms with Crippen LogP contribution in [0.1, 0.15) is 0 Å². The van der Waals surface area contributed by atoms with Gasteiger partial charge in [-0.3, -0.25) is 4.98 Å². The number of nitrogens with zero attached hydrogens (tertiary/aromatic N) is 2. The number of aromatic nitrogens is 2. The van der Waals surface area contributed by atoms with E-state index in [1.165, 1.54) is 18.3 Å². The van der Waals surface area contributed by atoms with Crippen LogP contribution in [0.5, 0.6) is 11.6 Å². The Labute approximate surface area is 106 Å². The second kappa shape index (κ2) is 5.09. The van der Waals surface area contributed by atoms with Gasteiger partial charge in [-0.1, -0.05) is 15.9 Å². The van der Waals surface area contributed by atoms with E-state index in [0.717, 1.165) is 0 Å². The monoisotopic (exact) mass is 297 g/mol. The fourth-order valence-electron chi connectivity index (χ4n) is 1.19. The normalized spacial score (nSPS) is 10.1. The van der Waals surface area contributed by atoms with Crippen molar-refractivity contribution in [1.82, 2.24) is 9.97 Å². The third kappa shape index (κ3) is 2.91. The predicted molar refractivity (Wildman–Crippen MR) is 65.8 cm³/mol. The first-order chi connectivity index (χ1) is 8.19. The van der Waals surface area contributed by atoms with E-state index in [1.807, 2.05) is 0 Å². The van der Waals surface area contributed by atoms with Crippen LogP contribution in [0.3, 0.4) is 0 Å². The summed E-state index contributed by atoms with van der Waals surface area (Å²) in [6.07, 6.45) is 2.97. The van der Waals surface area contributed by atoms with Gasteiger partial charge in [-0.05, 0) is 18.2 Å². The average molecular weight is 298 g/mol. The summed E-state index contributed by atoms with van der Waals surface area (Å²) in [5.74, 6) is 0.435. The summed E-state index contributed by atoms with van der Waals surface area (Å²) in [5.41, 5.74) is 0. The average Bonchev–Trinajstić information content (AvgIpc) is 2.33. The van der Waals surface area contributed by atoms with Crippen molar-refractivity contribution in [1.29, 1.82) is 0 Å². The maximum absolute atomic E-state index is 13.5. The number of anilines is 1. The van der Waals surface area contributed by atoms with Gasteiger partial charge in [-0.25, -0.2) is 4.39 Å². The highest BCUT2D eigenvalue weighted by atomic mass is 79.9. The maximum atomic E-state index is 13.5.